The summed E-state index contributed by atoms with van der Waals surface area (Å²) in [6, 6.07) is 1.79. The zero-order valence-corrected chi connectivity index (χ0v) is 11.1. The first-order valence-corrected chi connectivity index (χ1v) is 6.32. The third-order valence-corrected chi connectivity index (χ3v) is 4.42. The molecule has 86 valence electrons. The topological polar surface area (TPSA) is 39.2 Å². The van der Waals surface area contributed by atoms with Crippen LogP contribution >= 0.6 is 22.9 Å². The molecule has 0 radical (unpaired) electrons. The summed E-state index contributed by atoms with van der Waals surface area (Å²) in [6.45, 7) is 5.84. The maximum atomic E-state index is 6.21. The first kappa shape index (κ1) is 11.7. The summed E-state index contributed by atoms with van der Waals surface area (Å²) in [6.07, 6.45) is 0. The van der Waals surface area contributed by atoms with E-state index in [1.165, 1.54) is 0 Å². The molecule has 2 rings (SSSR count). The zero-order chi connectivity index (χ0) is 11.9. The fourth-order valence-electron chi connectivity index (χ4n) is 1.76. The van der Waals surface area contributed by atoms with Crippen LogP contribution in [0.15, 0.2) is 15.9 Å². The lowest BCUT2D eigenvalue weighted by Crippen LogP contribution is -2.10. The highest BCUT2D eigenvalue weighted by Crippen LogP contribution is 2.36. The average Bonchev–Trinajstić information content (AvgIpc) is 2.71. The molecule has 0 amide bonds. The molecule has 2 nitrogen and oxygen atoms in total. The standard InChI is InChI=1S/C12H14ClNOS/c1-6-5-16-12(10(6)13)11(14)9-4-7(2)15-8(9)3/h4-5,11H,14H2,1-3H3. The number of hydrogen-bond acceptors (Lipinski definition) is 3. The van der Waals surface area contributed by atoms with Crippen LogP contribution in [-0.4, -0.2) is 0 Å². The number of thiophene rings is 1. The number of halogens is 1. The molecule has 2 aromatic rings. The molecule has 2 N–H and O–H groups in total. The molecule has 0 aliphatic rings. The lowest BCUT2D eigenvalue weighted by molar-refractivity contribution is 0.500. The van der Waals surface area contributed by atoms with E-state index in [2.05, 4.69) is 0 Å². The Balaban J connectivity index is 2.42. The molecule has 0 aromatic carbocycles. The van der Waals surface area contributed by atoms with Crippen molar-refractivity contribution < 1.29 is 4.42 Å². The van der Waals surface area contributed by atoms with E-state index in [1.54, 1.807) is 11.3 Å². The van der Waals surface area contributed by atoms with Crippen LogP contribution in [0.25, 0.3) is 0 Å². The molecule has 4 heteroatoms. The van der Waals surface area contributed by atoms with Crippen LogP contribution in [-0.2, 0) is 0 Å². The highest BCUT2D eigenvalue weighted by atomic mass is 35.5. The first-order chi connectivity index (χ1) is 7.50. The van der Waals surface area contributed by atoms with Gasteiger partial charge in [-0.25, -0.2) is 0 Å². The smallest absolute Gasteiger partial charge is 0.106 e. The second kappa shape index (κ2) is 4.24. The van der Waals surface area contributed by atoms with E-state index in [4.69, 9.17) is 21.8 Å². The van der Waals surface area contributed by atoms with Gasteiger partial charge in [-0.3, -0.25) is 0 Å². The van der Waals surface area contributed by atoms with Gasteiger partial charge in [-0.15, -0.1) is 11.3 Å². The normalized spacial score (nSPS) is 13.1. The maximum Gasteiger partial charge on any atom is 0.106 e. The Morgan fingerprint density at radius 3 is 2.50 bits per heavy atom. The van der Waals surface area contributed by atoms with E-state index in [0.717, 1.165) is 32.5 Å². The predicted octanol–water partition coefficient (Wildman–Crippen LogP) is 3.97. The van der Waals surface area contributed by atoms with Gasteiger partial charge in [0.1, 0.15) is 11.5 Å². The summed E-state index contributed by atoms with van der Waals surface area (Å²) in [5.41, 5.74) is 8.30. The molecule has 0 fully saturated rings. The largest absolute Gasteiger partial charge is 0.466 e. The quantitative estimate of drug-likeness (QED) is 0.882. The van der Waals surface area contributed by atoms with E-state index in [0.29, 0.717) is 0 Å². The summed E-state index contributed by atoms with van der Waals surface area (Å²) in [7, 11) is 0. The zero-order valence-electron chi connectivity index (χ0n) is 9.50. The van der Waals surface area contributed by atoms with Crippen LogP contribution in [0.4, 0.5) is 0 Å². The molecule has 1 unspecified atom stereocenters. The Morgan fingerprint density at radius 2 is 2.06 bits per heavy atom. The van der Waals surface area contributed by atoms with Gasteiger partial charge in [0.2, 0.25) is 0 Å². The third-order valence-electron chi connectivity index (χ3n) is 2.62. The van der Waals surface area contributed by atoms with Crippen molar-refractivity contribution >= 4 is 22.9 Å². The van der Waals surface area contributed by atoms with Crippen molar-refractivity contribution in [2.24, 2.45) is 5.73 Å². The molecular formula is C12H14ClNOS. The SMILES string of the molecule is Cc1cc(C(N)c2scc(C)c2Cl)c(C)o1. The van der Waals surface area contributed by atoms with Gasteiger partial charge in [-0.1, -0.05) is 11.6 Å². The minimum Gasteiger partial charge on any atom is -0.466 e. The van der Waals surface area contributed by atoms with Crippen molar-refractivity contribution in [2.75, 3.05) is 0 Å². The molecule has 0 spiro atoms. The van der Waals surface area contributed by atoms with Gasteiger partial charge in [-0.2, -0.15) is 0 Å². The highest BCUT2D eigenvalue weighted by molar-refractivity contribution is 7.10. The summed E-state index contributed by atoms with van der Waals surface area (Å²) >= 11 is 7.81. The van der Waals surface area contributed by atoms with Gasteiger partial charge in [0.05, 0.1) is 11.1 Å². The lowest BCUT2D eigenvalue weighted by atomic mass is 10.1. The fraction of sp³-hybridized carbons (Fsp3) is 0.333. The van der Waals surface area contributed by atoms with Gasteiger partial charge in [-0.05, 0) is 37.8 Å². The van der Waals surface area contributed by atoms with Crippen molar-refractivity contribution in [1.82, 2.24) is 0 Å². The summed E-state index contributed by atoms with van der Waals surface area (Å²) < 4.78 is 5.49. The van der Waals surface area contributed by atoms with Crippen molar-refractivity contribution in [2.45, 2.75) is 26.8 Å². The fourth-order valence-corrected chi connectivity index (χ4v) is 3.09. The van der Waals surface area contributed by atoms with Crippen LogP contribution in [0.2, 0.25) is 5.02 Å². The Bertz CT molecular complexity index is 513. The van der Waals surface area contributed by atoms with Crippen molar-refractivity contribution in [3.63, 3.8) is 0 Å². The molecule has 16 heavy (non-hydrogen) atoms. The maximum absolute atomic E-state index is 6.21. The van der Waals surface area contributed by atoms with Gasteiger partial charge < -0.3 is 10.2 Å². The van der Waals surface area contributed by atoms with Crippen LogP contribution in [0.5, 0.6) is 0 Å². The lowest BCUT2D eigenvalue weighted by Gasteiger charge is -2.09. The van der Waals surface area contributed by atoms with E-state index in [-0.39, 0.29) is 6.04 Å². The van der Waals surface area contributed by atoms with Crippen LogP contribution < -0.4 is 5.73 Å². The number of rotatable bonds is 2. The molecule has 0 aliphatic carbocycles. The summed E-state index contributed by atoms with van der Waals surface area (Å²) in [4.78, 5) is 1.00. The monoisotopic (exact) mass is 255 g/mol. The molecule has 0 bridgehead atoms. The Hall–Kier alpha value is -0.770. The Kier molecular flexibility index (Phi) is 3.10. The number of aryl methyl sites for hydroxylation is 3. The minimum absolute atomic E-state index is 0.191. The van der Waals surface area contributed by atoms with E-state index in [1.807, 2.05) is 32.2 Å². The second-order valence-electron chi connectivity index (χ2n) is 3.94. The van der Waals surface area contributed by atoms with Crippen molar-refractivity contribution in [1.29, 1.82) is 0 Å². The summed E-state index contributed by atoms with van der Waals surface area (Å²) in [5.74, 6) is 1.75. The van der Waals surface area contributed by atoms with Crippen LogP contribution in [0, 0.1) is 20.8 Å². The van der Waals surface area contributed by atoms with Gasteiger partial charge in [0.15, 0.2) is 0 Å². The summed E-state index contributed by atoms with van der Waals surface area (Å²) in [5, 5.41) is 2.80. The highest BCUT2D eigenvalue weighted by Gasteiger charge is 2.19. The molecule has 0 saturated carbocycles. The molecular weight excluding hydrogens is 242 g/mol. The Morgan fingerprint density at radius 1 is 1.38 bits per heavy atom. The van der Waals surface area contributed by atoms with E-state index in [9.17, 15) is 0 Å². The molecule has 0 saturated heterocycles. The van der Waals surface area contributed by atoms with Crippen molar-refractivity contribution in [3.8, 4) is 0 Å². The second-order valence-corrected chi connectivity index (χ2v) is 5.23. The minimum atomic E-state index is -0.191. The van der Waals surface area contributed by atoms with Crippen molar-refractivity contribution in [3.05, 3.63) is 44.0 Å². The van der Waals surface area contributed by atoms with E-state index >= 15 is 0 Å². The number of nitrogens with two attached hydrogens (primary N) is 1. The van der Waals surface area contributed by atoms with Gasteiger partial charge in [0.25, 0.3) is 0 Å². The Labute approximate surface area is 104 Å². The molecule has 2 heterocycles. The molecule has 2 aromatic heterocycles. The molecule has 1 atom stereocenters. The predicted molar refractivity (Wildman–Crippen MR) is 68.3 cm³/mol. The van der Waals surface area contributed by atoms with Gasteiger partial charge in [0, 0.05) is 10.4 Å². The van der Waals surface area contributed by atoms with Gasteiger partial charge >= 0.3 is 0 Å². The van der Waals surface area contributed by atoms with E-state index < -0.39 is 0 Å². The average molecular weight is 256 g/mol. The first-order valence-electron chi connectivity index (χ1n) is 5.06. The number of furan rings is 1. The number of hydrogen-bond donors (Lipinski definition) is 1. The van der Waals surface area contributed by atoms with Crippen LogP contribution in [0.3, 0.4) is 0 Å². The van der Waals surface area contributed by atoms with Crippen LogP contribution in [0.1, 0.15) is 33.6 Å². The molecule has 0 aliphatic heterocycles. The third kappa shape index (κ3) is 1.90.